The number of halogens is 2. The highest BCUT2D eigenvalue weighted by Crippen LogP contribution is 2.27. The summed E-state index contributed by atoms with van der Waals surface area (Å²) in [6.45, 7) is 1.76. The highest BCUT2D eigenvalue weighted by atomic mass is 79.9. The highest BCUT2D eigenvalue weighted by molar-refractivity contribution is 9.10. The van der Waals surface area contributed by atoms with Gasteiger partial charge in [0.05, 0.1) is 6.04 Å². The Morgan fingerprint density at radius 3 is 2.75 bits per heavy atom. The first-order valence-corrected chi connectivity index (χ1v) is 7.98. The molecule has 20 heavy (non-hydrogen) atoms. The van der Waals surface area contributed by atoms with Crippen LogP contribution in [0.1, 0.15) is 17.2 Å². The fraction of sp³-hybridized carbons (Fsp3) is 0.200. The molecule has 0 aliphatic carbocycles. The first-order valence-electron chi connectivity index (χ1n) is 6.20. The summed E-state index contributed by atoms with van der Waals surface area (Å²) >= 11 is 5.16. The summed E-state index contributed by atoms with van der Waals surface area (Å²) in [6, 6.07) is 13.2. The minimum Gasteiger partial charge on any atom is -0.271 e. The van der Waals surface area contributed by atoms with Crippen molar-refractivity contribution in [2.24, 2.45) is 5.84 Å². The van der Waals surface area contributed by atoms with Crippen molar-refractivity contribution in [1.29, 1.82) is 0 Å². The van der Waals surface area contributed by atoms with Gasteiger partial charge >= 0.3 is 0 Å². The predicted molar refractivity (Wildman–Crippen MR) is 86.1 cm³/mol. The molecule has 0 fully saturated rings. The topological polar surface area (TPSA) is 38.0 Å². The van der Waals surface area contributed by atoms with Gasteiger partial charge in [-0.3, -0.25) is 11.3 Å². The fourth-order valence-corrected chi connectivity index (χ4v) is 3.45. The summed E-state index contributed by atoms with van der Waals surface area (Å²) in [5.74, 6) is 6.21. The molecule has 2 aromatic rings. The quantitative estimate of drug-likeness (QED) is 0.480. The first kappa shape index (κ1) is 15.5. The molecular formula is C15H16BrFN2S. The normalized spacial score (nSPS) is 12.4. The molecule has 0 amide bonds. The van der Waals surface area contributed by atoms with Gasteiger partial charge in [0.25, 0.3) is 0 Å². The summed E-state index contributed by atoms with van der Waals surface area (Å²) in [5, 5.41) is 0. The van der Waals surface area contributed by atoms with Crippen molar-refractivity contribution in [2.45, 2.75) is 17.9 Å². The van der Waals surface area contributed by atoms with Gasteiger partial charge in [0.1, 0.15) is 5.82 Å². The largest absolute Gasteiger partial charge is 0.271 e. The maximum absolute atomic E-state index is 13.3. The molecular weight excluding hydrogens is 339 g/mol. The molecule has 5 heteroatoms. The van der Waals surface area contributed by atoms with Crippen molar-refractivity contribution >= 4 is 27.7 Å². The minimum absolute atomic E-state index is 0.0155. The summed E-state index contributed by atoms with van der Waals surface area (Å²) in [6.07, 6.45) is 0. The van der Waals surface area contributed by atoms with Crippen molar-refractivity contribution < 1.29 is 4.39 Å². The summed E-state index contributed by atoms with van der Waals surface area (Å²) in [5.41, 5.74) is 4.42. The van der Waals surface area contributed by atoms with Crippen LogP contribution in [0.4, 0.5) is 4.39 Å². The van der Waals surface area contributed by atoms with Crippen molar-refractivity contribution in [2.75, 3.05) is 5.75 Å². The molecule has 2 rings (SSSR count). The van der Waals surface area contributed by atoms with E-state index in [4.69, 9.17) is 5.84 Å². The molecule has 0 heterocycles. The van der Waals surface area contributed by atoms with Gasteiger partial charge in [-0.2, -0.15) is 0 Å². The van der Waals surface area contributed by atoms with E-state index in [1.165, 1.54) is 11.0 Å². The Bertz CT molecular complexity index is 592. The molecule has 106 valence electrons. The lowest BCUT2D eigenvalue weighted by Gasteiger charge is -2.16. The Labute approximate surface area is 131 Å². The Kier molecular flexibility index (Phi) is 5.60. The molecule has 0 saturated carbocycles. The molecule has 2 nitrogen and oxygen atoms in total. The maximum atomic E-state index is 13.3. The maximum Gasteiger partial charge on any atom is 0.126 e. The SMILES string of the molecule is Cc1cc(C(CSc2cccc(Br)c2)NN)ccc1F. The van der Waals surface area contributed by atoms with Gasteiger partial charge in [0, 0.05) is 15.1 Å². The van der Waals surface area contributed by atoms with Gasteiger partial charge in [-0.05, 0) is 42.3 Å². The van der Waals surface area contributed by atoms with Gasteiger partial charge in [-0.25, -0.2) is 4.39 Å². The number of hydrogen-bond acceptors (Lipinski definition) is 3. The van der Waals surface area contributed by atoms with Gasteiger partial charge in [0.15, 0.2) is 0 Å². The van der Waals surface area contributed by atoms with E-state index in [-0.39, 0.29) is 11.9 Å². The van der Waals surface area contributed by atoms with E-state index >= 15 is 0 Å². The van der Waals surface area contributed by atoms with Gasteiger partial charge in [-0.15, -0.1) is 11.8 Å². The van der Waals surface area contributed by atoms with E-state index < -0.39 is 0 Å². The summed E-state index contributed by atoms with van der Waals surface area (Å²) in [7, 11) is 0. The zero-order chi connectivity index (χ0) is 14.5. The number of aryl methyl sites for hydroxylation is 1. The van der Waals surface area contributed by atoms with Gasteiger partial charge < -0.3 is 0 Å². The van der Waals surface area contributed by atoms with Crippen LogP contribution in [0.5, 0.6) is 0 Å². The van der Waals surface area contributed by atoms with Crippen LogP contribution in [0.25, 0.3) is 0 Å². The Balaban J connectivity index is 2.07. The number of hydrogen-bond donors (Lipinski definition) is 2. The number of thioether (sulfide) groups is 1. The fourth-order valence-electron chi connectivity index (χ4n) is 1.86. The van der Waals surface area contributed by atoms with E-state index in [1.807, 2.05) is 18.2 Å². The first-order chi connectivity index (χ1) is 9.60. The van der Waals surface area contributed by atoms with Crippen LogP contribution >= 0.6 is 27.7 Å². The monoisotopic (exact) mass is 354 g/mol. The van der Waals surface area contributed by atoms with Crippen LogP contribution in [-0.4, -0.2) is 5.75 Å². The van der Waals surface area contributed by atoms with E-state index in [1.54, 1.807) is 24.8 Å². The van der Waals surface area contributed by atoms with Crippen molar-refractivity contribution in [3.8, 4) is 0 Å². The number of nitrogens with one attached hydrogen (secondary N) is 1. The second kappa shape index (κ2) is 7.22. The standard InChI is InChI=1S/C15H16BrFN2S/c1-10-7-11(5-6-14(10)17)15(19-18)9-20-13-4-2-3-12(16)8-13/h2-8,15,19H,9,18H2,1H3. The van der Waals surface area contributed by atoms with Crippen LogP contribution in [0.15, 0.2) is 51.8 Å². The molecule has 1 atom stereocenters. The molecule has 0 aliphatic heterocycles. The lowest BCUT2D eigenvalue weighted by atomic mass is 10.1. The van der Waals surface area contributed by atoms with Crippen molar-refractivity contribution in [1.82, 2.24) is 5.43 Å². The lowest BCUT2D eigenvalue weighted by Crippen LogP contribution is -2.29. The number of benzene rings is 2. The second-order valence-electron chi connectivity index (χ2n) is 4.50. The van der Waals surface area contributed by atoms with Crippen LogP contribution in [0.3, 0.4) is 0 Å². The van der Waals surface area contributed by atoms with E-state index in [2.05, 4.69) is 33.5 Å². The Hall–Kier alpha value is -0.880. The molecule has 0 aromatic heterocycles. The Morgan fingerprint density at radius 1 is 1.30 bits per heavy atom. The molecule has 0 bridgehead atoms. The zero-order valence-corrected chi connectivity index (χ0v) is 13.5. The highest BCUT2D eigenvalue weighted by Gasteiger charge is 2.11. The molecule has 0 spiro atoms. The third kappa shape index (κ3) is 4.06. The van der Waals surface area contributed by atoms with Crippen molar-refractivity contribution in [3.63, 3.8) is 0 Å². The van der Waals surface area contributed by atoms with Crippen LogP contribution < -0.4 is 11.3 Å². The minimum atomic E-state index is -0.191. The van der Waals surface area contributed by atoms with Crippen molar-refractivity contribution in [3.05, 3.63) is 63.9 Å². The predicted octanol–water partition coefficient (Wildman–Crippen LogP) is 4.19. The third-order valence-electron chi connectivity index (χ3n) is 3.00. The molecule has 3 N–H and O–H groups in total. The number of nitrogens with two attached hydrogens (primary N) is 1. The molecule has 0 aliphatic rings. The number of rotatable bonds is 5. The lowest BCUT2D eigenvalue weighted by molar-refractivity contribution is 0.596. The van der Waals surface area contributed by atoms with E-state index in [0.717, 1.165) is 15.8 Å². The van der Waals surface area contributed by atoms with E-state index in [9.17, 15) is 4.39 Å². The summed E-state index contributed by atoms with van der Waals surface area (Å²) in [4.78, 5) is 1.17. The van der Waals surface area contributed by atoms with Crippen LogP contribution in [0, 0.1) is 12.7 Å². The smallest absolute Gasteiger partial charge is 0.126 e. The molecule has 2 aromatic carbocycles. The Morgan fingerprint density at radius 2 is 2.10 bits per heavy atom. The molecule has 0 radical (unpaired) electrons. The average molecular weight is 355 g/mol. The molecule has 1 unspecified atom stereocenters. The molecule has 0 saturated heterocycles. The van der Waals surface area contributed by atoms with Gasteiger partial charge in [0.2, 0.25) is 0 Å². The zero-order valence-electron chi connectivity index (χ0n) is 11.1. The third-order valence-corrected chi connectivity index (χ3v) is 4.58. The summed E-state index contributed by atoms with van der Waals surface area (Å²) < 4.78 is 14.4. The van der Waals surface area contributed by atoms with E-state index in [0.29, 0.717) is 5.56 Å². The number of hydrazine groups is 1. The van der Waals surface area contributed by atoms with Gasteiger partial charge in [-0.1, -0.05) is 34.1 Å². The van der Waals surface area contributed by atoms with Crippen LogP contribution in [0.2, 0.25) is 0 Å². The second-order valence-corrected chi connectivity index (χ2v) is 6.51. The average Bonchev–Trinajstić information content (AvgIpc) is 2.43. The van der Waals surface area contributed by atoms with Crippen LogP contribution in [-0.2, 0) is 0 Å².